The summed E-state index contributed by atoms with van der Waals surface area (Å²) in [6.07, 6.45) is 1.72. The van der Waals surface area contributed by atoms with Gasteiger partial charge >= 0.3 is 0 Å². The van der Waals surface area contributed by atoms with Gasteiger partial charge in [-0.3, -0.25) is 9.78 Å². The molecule has 0 bridgehead atoms. The minimum Gasteiger partial charge on any atom is -0.311 e. The first-order valence-electron chi connectivity index (χ1n) is 6.78. The Bertz CT molecular complexity index is 634. The number of rotatable bonds is 5. The van der Waals surface area contributed by atoms with Crippen molar-refractivity contribution >= 4 is 0 Å². The molecule has 20 heavy (non-hydrogen) atoms. The summed E-state index contributed by atoms with van der Waals surface area (Å²) in [6, 6.07) is 5.34. The van der Waals surface area contributed by atoms with Crippen LogP contribution in [0.3, 0.4) is 0 Å². The van der Waals surface area contributed by atoms with Gasteiger partial charge < -0.3 is 10.3 Å². The van der Waals surface area contributed by atoms with Crippen LogP contribution in [0, 0.1) is 12.8 Å². The average Bonchev–Trinajstić information content (AvgIpc) is 2.37. The molecule has 0 saturated carbocycles. The summed E-state index contributed by atoms with van der Waals surface area (Å²) in [7, 11) is 0. The van der Waals surface area contributed by atoms with Crippen LogP contribution < -0.4 is 10.9 Å². The molecule has 0 aliphatic rings. The lowest BCUT2D eigenvalue weighted by Gasteiger charge is -2.08. The molecule has 5 heteroatoms. The Kier molecular flexibility index (Phi) is 4.63. The molecule has 0 fully saturated rings. The summed E-state index contributed by atoms with van der Waals surface area (Å²) >= 11 is 0. The van der Waals surface area contributed by atoms with Crippen LogP contribution in [0.25, 0.3) is 11.5 Å². The Balaban J connectivity index is 2.22. The number of nitrogens with one attached hydrogen (secondary N) is 2. The van der Waals surface area contributed by atoms with Crippen molar-refractivity contribution in [3.8, 4) is 11.5 Å². The molecule has 0 amide bonds. The maximum atomic E-state index is 11.7. The summed E-state index contributed by atoms with van der Waals surface area (Å²) in [6.45, 7) is 7.74. The molecule has 0 saturated heterocycles. The number of aromatic nitrogens is 3. The van der Waals surface area contributed by atoms with E-state index in [1.807, 2.05) is 19.1 Å². The number of hydrogen-bond donors (Lipinski definition) is 2. The van der Waals surface area contributed by atoms with Crippen LogP contribution >= 0.6 is 0 Å². The van der Waals surface area contributed by atoms with Crippen LogP contribution in [0.15, 0.2) is 29.2 Å². The van der Waals surface area contributed by atoms with Gasteiger partial charge in [0, 0.05) is 18.8 Å². The zero-order valence-electron chi connectivity index (χ0n) is 12.1. The van der Waals surface area contributed by atoms with E-state index < -0.39 is 0 Å². The summed E-state index contributed by atoms with van der Waals surface area (Å²) in [5.41, 5.74) is 2.35. The van der Waals surface area contributed by atoms with Crippen molar-refractivity contribution < 1.29 is 0 Å². The van der Waals surface area contributed by atoms with Crippen molar-refractivity contribution in [2.24, 2.45) is 5.92 Å². The van der Waals surface area contributed by atoms with Gasteiger partial charge in [-0.15, -0.1) is 0 Å². The molecular weight excluding hydrogens is 252 g/mol. The van der Waals surface area contributed by atoms with E-state index in [1.165, 1.54) is 6.07 Å². The summed E-state index contributed by atoms with van der Waals surface area (Å²) < 4.78 is 0. The molecule has 5 nitrogen and oxygen atoms in total. The fourth-order valence-electron chi connectivity index (χ4n) is 1.87. The highest BCUT2D eigenvalue weighted by molar-refractivity contribution is 5.49. The highest BCUT2D eigenvalue weighted by Crippen LogP contribution is 2.11. The molecule has 0 aliphatic carbocycles. The Morgan fingerprint density at radius 1 is 1.35 bits per heavy atom. The average molecular weight is 272 g/mol. The van der Waals surface area contributed by atoms with E-state index in [4.69, 9.17) is 0 Å². The van der Waals surface area contributed by atoms with E-state index in [-0.39, 0.29) is 5.56 Å². The fraction of sp³-hybridized carbons (Fsp3) is 0.400. The zero-order chi connectivity index (χ0) is 14.5. The number of pyridine rings is 1. The first-order valence-corrected chi connectivity index (χ1v) is 6.78. The Labute approximate surface area is 118 Å². The van der Waals surface area contributed by atoms with Gasteiger partial charge in [0.05, 0.1) is 5.69 Å². The van der Waals surface area contributed by atoms with Gasteiger partial charge in [-0.25, -0.2) is 4.98 Å². The molecule has 106 valence electrons. The number of nitrogens with zero attached hydrogens (tertiary/aromatic N) is 2. The van der Waals surface area contributed by atoms with Crippen LogP contribution in [0.4, 0.5) is 0 Å². The molecule has 2 aromatic heterocycles. The van der Waals surface area contributed by atoms with E-state index in [1.54, 1.807) is 6.20 Å². The molecule has 0 radical (unpaired) electrons. The lowest BCUT2D eigenvalue weighted by Crippen LogP contribution is -2.21. The van der Waals surface area contributed by atoms with Gasteiger partial charge in [-0.05, 0) is 37.1 Å². The van der Waals surface area contributed by atoms with Gasteiger partial charge in [0.25, 0.3) is 5.56 Å². The van der Waals surface area contributed by atoms with Gasteiger partial charge in [0.2, 0.25) is 0 Å². The van der Waals surface area contributed by atoms with E-state index in [9.17, 15) is 4.79 Å². The van der Waals surface area contributed by atoms with Gasteiger partial charge in [0.15, 0.2) is 5.82 Å². The third-order valence-corrected chi connectivity index (χ3v) is 2.81. The third-order valence-electron chi connectivity index (χ3n) is 2.81. The Morgan fingerprint density at radius 2 is 2.15 bits per heavy atom. The summed E-state index contributed by atoms with van der Waals surface area (Å²) in [5, 5.41) is 3.28. The molecule has 2 rings (SSSR count). The summed E-state index contributed by atoms with van der Waals surface area (Å²) in [5.74, 6) is 1.08. The minimum absolute atomic E-state index is 0.153. The van der Waals surface area contributed by atoms with Crippen molar-refractivity contribution in [3.63, 3.8) is 0 Å². The predicted molar refractivity (Wildman–Crippen MR) is 79.4 cm³/mol. The van der Waals surface area contributed by atoms with Crippen LogP contribution in [0.1, 0.15) is 25.1 Å². The lowest BCUT2D eigenvalue weighted by atomic mass is 10.2. The van der Waals surface area contributed by atoms with Crippen LogP contribution in [-0.2, 0) is 6.54 Å². The van der Waals surface area contributed by atoms with Crippen molar-refractivity contribution in [3.05, 3.63) is 46.0 Å². The van der Waals surface area contributed by atoms with E-state index in [2.05, 4.69) is 34.1 Å². The molecule has 2 aromatic rings. The monoisotopic (exact) mass is 272 g/mol. The van der Waals surface area contributed by atoms with Crippen molar-refractivity contribution in [1.82, 2.24) is 20.3 Å². The molecule has 0 unspecified atom stereocenters. The van der Waals surface area contributed by atoms with Crippen molar-refractivity contribution in [1.29, 1.82) is 0 Å². The highest BCUT2D eigenvalue weighted by Gasteiger charge is 2.05. The molecule has 0 spiro atoms. The Morgan fingerprint density at radius 3 is 2.85 bits per heavy atom. The van der Waals surface area contributed by atoms with E-state index in [0.29, 0.717) is 24.0 Å². The van der Waals surface area contributed by atoms with Crippen molar-refractivity contribution in [2.45, 2.75) is 27.3 Å². The fourth-order valence-corrected chi connectivity index (χ4v) is 1.87. The number of hydrogen-bond acceptors (Lipinski definition) is 4. The second-order valence-corrected chi connectivity index (χ2v) is 5.33. The van der Waals surface area contributed by atoms with Crippen LogP contribution in [0.2, 0.25) is 0 Å². The highest BCUT2D eigenvalue weighted by atomic mass is 16.1. The van der Waals surface area contributed by atoms with E-state index >= 15 is 0 Å². The smallest absolute Gasteiger partial charge is 0.251 e. The molecule has 0 aliphatic heterocycles. The molecule has 0 aromatic carbocycles. The first-order chi connectivity index (χ1) is 9.54. The quantitative estimate of drug-likeness (QED) is 0.872. The summed E-state index contributed by atoms with van der Waals surface area (Å²) in [4.78, 5) is 23.2. The topological polar surface area (TPSA) is 70.7 Å². The third kappa shape index (κ3) is 3.99. The standard InChI is InChI=1S/C15H20N4O/c1-10(2)8-16-9-12-7-14(20)19-15(18-12)13-6-11(3)4-5-17-13/h4-7,10,16H,8-9H2,1-3H3,(H,18,19,20). The van der Waals surface area contributed by atoms with Crippen LogP contribution in [-0.4, -0.2) is 21.5 Å². The van der Waals surface area contributed by atoms with E-state index in [0.717, 1.165) is 17.8 Å². The molecular formula is C15H20N4O. The molecule has 2 N–H and O–H groups in total. The molecule has 0 atom stereocenters. The normalized spacial score (nSPS) is 11.0. The van der Waals surface area contributed by atoms with Gasteiger partial charge in [0.1, 0.15) is 5.69 Å². The second kappa shape index (κ2) is 6.43. The van der Waals surface area contributed by atoms with Gasteiger partial charge in [-0.2, -0.15) is 0 Å². The first kappa shape index (κ1) is 14.4. The van der Waals surface area contributed by atoms with Crippen LogP contribution in [0.5, 0.6) is 0 Å². The van der Waals surface area contributed by atoms with Gasteiger partial charge in [-0.1, -0.05) is 13.8 Å². The zero-order valence-corrected chi connectivity index (χ0v) is 12.1. The minimum atomic E-state index is -0.153. The second-order valence-electron chi connectivity index (χ2n) is 5.33. The van der Waals surface area contributed by atoms with Crippen molar-refractivity contribution in [2.75, 3.05) is 6.54 Å². The SMILES string of the molecule is Cc1ccnc(-c2nc(CNCC(C)C)cc(=O)[nH]2)c1. The number of H-pyrrole nitrogens is 1. The maximum absolute atomic E-state index is 11.7. The Hall–Kier alpha value is -2.01. The molecule has 2 heterocycles. The lowest BCUT2D eigenvalue weighted by molar-refractivity contribution is 0.548. The largest absolute Gasteiger partial charge is 0.311 e. The number of aromatic amines is 1. The number of aryl methyl sites for hydroxylation is 1. The maximum Gasteiger partial charge on any atom is 0.251 e. The predicted octanol–water partition coefficient (Wildman–Crippen LogP) is 1.89.